The summed E-state index contributed by atoms with van der Waals surface area (Å²) in [5.41, 5.74) is 0.481. The Balaban J connectivity index is 2.32. The van der Waals surface area contributed by atoms with Crippen molar-refractivity contribution in [2.45, 2.75) is 13.0 Å². The number of rotatable bonds is 5. The van der Waals surface area contributed by atoms with Crippen molar-refractivity contribution in [3.63, 3.8) is 0 Å². The molecule has 0 radical (unpaired) electrons. The fraction of sp³-hybridized carbons (Fsp3) is 0.125. The van der Waals surface area contributed by atoms with Gasteiger partial charge < -0.3 is 10.4 Å². The van der Waals surface area contributed by atoms with E-state index in [1.165, 1.54) is 25.1 Å². The summed E-state index contributed by atoms with van der Waals surface area (Å²) in [5.74, 6) is -1.89. The lowest BCUT2D eigenvalue weighted by Gasteiger charge is -2.15. The molecule has 0 bridgehead atoms. The van der Waals surface area contributed by atoms with Crippen LogP contribution in [0.25, 0.3) is 0 Å². The van der Waals surface area contributed by atoms with E-state index in [1.807, 2.05) is 0 Å². The SMILES string of the molecule is Cc1c(C(=O)N[C@H](C(=O)O)c2ccccc2)cccc1[N+](=O)[O-]. The Morgan fingerprint density at radius 1 is 1.13 bits per heavy atom. The standard InChI is InChI=1S/C16H14N2O5/c1-10-12(8-5-9-13(10)18(22)23)15(19)17-14(16(20)21)11-6-3-2-4-7-11/h2-9,14H,1H3,(H,17,19)(H,20,21)/t14-/m0/s1. The number of amides is 1. The first-order valence-electron chi connectivity index (χ1n) is 6.74. The van der Waals surface area contributed by atoms with Gasteiger partial charge in [-0.25, -0.2) is 4.79 Å². The first kappa shape index (κ1) is 16.2. The first-order chi connectivity index (χ1) is 10.9. The summed E-state index contributed by atoms with van der Waals surface area (Å²) in [6, 6.07) is 11.1. The molecule has 7 heteroatoms. The third-order valence-corrected chi connectivity index (χ3v) is 3.40. The molecule has 118 valence electrons. The van der Waals surface area contributed by atoms with Crippen LogP contribution in [0.4, 0.5) is 5.69 Å². The quantitative estimate of drug-likeness (QED) is 0.650. The minimum atomic E-state index is -1.23. The number of carboxylic acids is 1. The lowest BCUT2D eigenvalue weighted by Crippen LogP contribution is -2.34. The van der Waals surface area contributed by atoms with Crippen molar-refractivity contribution in [3.8, 4) is 0 Å². The third-order valence-electron chi connectivity index (χ3n) is 3.40. The van der Waals surface area contributed by atoms with E-state index in [4.69, 9.17) is 0 Å². The Hall–Kier alpha value is -3.22. The van der Waals surface area contributed by atoms with Crippen molar-refractivity contribution < 1.29 is 19.6 Å². The zero-order valence-corrected chi connectivity index (χ0v) is 12.2. The predicted octanol–water partition coefficient (Wildman–Crippen LogP) is 2.46. The van der Waals surface area contributed by atoms with E-state index in [2.05, 4.69) is 5.32 Å². The number of nitro groups is 1. The van der Waals surface area contributed by atoms with Gasteiger partial charge in [-0.3, -0.25) is 14.9 Å². The normalized spacial score (nSPS) is 11.5. The molecule has 0 aliphatic carbocycles. The van der Waals surface area contributed by atoms with Crippen LogP contribution in [0.15, 0.2) is 48.5 Å². The number of carbonyl (C=O) groups excluding carboxylic acids is 1. The molecule has 0 aliphatic rings. The smallest absolute Gasteiger partial charge is 0.330 e. The van der Waals surface area contributed by atoms with E-state index in [9.17, 15) is 24.8 Å². The van der Waals surface area contributed by atoms with Gasteiger partial charge in [0.1, 0.15) is 0 Å². The van der Waals surface area contributed by atoms with Gasteiger partial charge in [0.05, 0.1) is 4.92 Å². The lowest BCUT2D eigenvalue weighted by atomic mass is 10.0. The van der Waals surface area contributed by atoms with Crippen LogP contribution in [0, 0.1) is 17.0 Å². The molecule has 0 aromatic heterocycles. The Morgan fingerprint density at radius 3 is 2.35 bits per heavy atom. The molecule has 1 amide bonds. The number of nitrogens with zero attached hydrogens (tertiary/aromatic N) is 1. The van der Waals surface area contributed by atoms with E-state index in [1.54, 1.807) is 30.3 Å². The van der Waals surface area contributed by atoms with E-state index in [0.29, 0.717) is 5.56 Å². The highest BCUT2D eigenvalue weighted by Crippen LogP contribution is 2.22. The molecular formula is C16H14N2O5. The largest absolute Gasteiger partial charge is 0.479 e. The molecule has 0 unspecified atom stereocenters. The van der Waals surface area contributed by atoms with E-state index in [0.717, 1.165) is 0 Å². The van der Waals surface area contributed by atoms with Crippen LogP contribution in [0.3, 0.4) is 0 Å². The topological polar surface area (TPSA) is 110 Å². The summed E-state index contributed by atoms with van der Waals surface area (Å²) in [6.45, 7) is 1.45. The summed E-state index contributed by atoms with van der Waals surface area (Å²) in [7, 11) is 0. The number of carbonyl (C=O) groups is 2. The highest BCUT2D eigenvalue weighted by atomic mass is 16.6. The zero-order valence-electron chi connectivity index (χ0n) is 12.2. The van der Waals surface area contributed by atoms with E-state index >= 15 is 0 Å². The molecule has 2 aromatic rings. The molecule has 1 atom stereocenters. The molecule has 7 nitrogen and oxygen atoms in total. The van der Waals surface area contributed by atoms with Crippen LogP contribution in [0.5, 0.6) is 0 Å². The average Bonchev–Trinajstić information content (AvgIpc) is 2.52. The van der Waals surface area contributed by atoms with Gasteiger partial charge >= 0.3 is 5.97 Å². The number of nitro benzene ring substituents is 1. The summed E-state index contributed by atoms with van der Waals surface area (Å²) < 4.78 is 0. The molecule has 2 aromatic carbocycles. The Kier molecular flexibility index (Phi) is 4.70. The number of hydrogen-bond acceptors (Lipinski definition) is 4. The lowest BCUT2D eigenvalue weighted by molar-refractivity contribution is -0.385. The summed E-state index contributed by atoms with van der Waals surface area (Å²) >= 11 is 0. The average molecular weight is 314 g/mol. The van der Waals surface area contributed by atoms with Crippen molar-refractivity contribution in [2.24, 2.45) is 0 Å². The van der Waals surface area contributed by atoms with E-state index in [-0.39, 0.29) is 16.8 Å². The number of hydrogen-bond donors (Lipinski definition) is 2. The maximum absolute atomic E-state index is 12.3. The highest BCUT2D eigenvalue weighted by Gasteiger charge is 2.25. The van der Waals surface area contributed by atoms with Gasteiger partial charge in [-0.2, -0.15) is 0 Å². The molecule has 0 heterocycles. The number of aliphatic carboxylic acids is 1. The summed E-state index contributed by atoms with van der Waals surface area (Å²) in [5, 5.41) is 22.6. The van der Waals surface area contributed by atoms with Crippen molar-refractivity contribution in [3.05, 3.63) is 75.3 Å². The van der Waals surface area contributed by atoms with E-state index < -0.39 is 22.8 Å². The molecule has 0 saturated carbocycles. The Morgan fingerprint density at radius 2 is 1.78 bits per heavy atom. The first-order valence-corrected chi connectivity index (χ1v) is 6.74. The second kappa shape index (κ2) is 6.69. The molecule has 23 heavy (non-hydrogen) atoms. The van der Waals surface area contributed by atoms with Gasteiger partial charge in [-0.05, 0) is 18.6 Å². The number of carboxylic acid groups (broad SMARTS) is 1. The van der Waals surface area contributed by atoms with Crippen molar-refractivity contribution in [2.75, 3.05) is 0 Å². The zero-order chi connectivity index (χ0) is 17.0. The fourth-order valence-corrected chi connectivity index (χ4v) is 2.21. The second-order valence-electron chi connectivity index (χ2n) is 4.86. The van der Waals surface area contributed by atoms with Gasteiger partial charge in [0.15, 0.2) is 6.04 Å². The van der Waals surface area contributed by atoms with Crippen molar-refractivity contribution in [1.82, 2.24) is 5.32 Å². The molecule has 0 spiro atoms. The van der Waals surface area contributed by atoms with Crippen LogP contribution in [0.2, 0.25) is 0 Å². The van der Waals surface area contributed by atoms with Gasteiger partial charge in [0.25, 0.3) is 11.6 Å². The van der Waals surface area contributed by atoms with Crippen LogP contribution in [-0.4, -0.2) is 21.9 Å². The monoisotopic (exact) mass is 314 g/mol. The van der Waals surface area contributed by atoms with Gasteiger partial charge in [0, 0.05) is 17.2 Å². The van der Waals surface area contributed by atoms with Crippen LogP contribution in [0.1, 0.15) is 27.5 Å². The minimum Gasteiger partial charge on any atom is -0.479 e. The van der Waals surface area contributed by atoms with Crippen molar-refractivity contribution in [1.29, 1.82) is 0 Å². The second-order valence-corrected chi connectivity index (χ2v) is 4.86. The predicted molar refractivity (Wildman–Crippen MR) is 82.1 cm³/mol. The van der Waals surface area contributed by atoms with Crippen LogP contribution < -0.4 is 5.32 Å². The van der Waals surface area contributed by atoms with Crippen LogP contribution >= 0.6 is 0 Å². The molecule has 0 aliphatic heterocycles. The molecule has 0 fully saturated rings. The van der Waals surface area contributed by atoms with Crippen molar-refractivity contribution >= 4 is 17.6 Å². The van der Waals surface area contributed by atoms with Gasteiger partial charge in [-0.15, -0.1) is 0 Å². The van der Waals surface area contributed by atoms with Gasteiger partial charge in [-0.1, -0.05) is 36.4 Å². The summed E-state index contributed by atoms with van der Waals surface area (Å²) in [6.07, 6.45) is 0. The Bertz CT molecular complexity index is 758. The molecule has 2 N–H and O–H groups in total. The maximum atomic E-state index is 12.3. The summed E-state index contributed by atoms with van der Waals surface area (Å²) in [4.78, 5) is 34.1. The maximum Gasteiger partial charge on any atom is 0.330 e. The highest BCUT2D eigenvalue weighted by molar-refractivity contribution is 5.98. The molecular weight excluding hydrogens is 300 g/mol. The Labute approximate surface area is 131 Å². The van der Waals surface area contributed by atoms with Gasteiger partial charge in [0.2, 0.25) is 0 Å². The minimum absolute atomic E-state index is 0.0707. The molecule has 0 saturated heterocycles. The fourth-order valence-electron chi connectivity index (χ4n) is 2.21. The number of nitrogens with one attached hydrogen (secondary N) is 1. The molecule has 2 rings (SSSR count). The number of benzene rings is 2. The third kappa shape index (κ3) is 3.52. The van der Waals surface area contributed by atoms with Crippen LogP contribution in [-0.2, 0) is 4.79 Å².